The number of fused-ring (bicyclic) bond motifs is 1. The first-order valence-corrected chi connectivity index (χ1v) is 10.2. The van der Waals surface area contributed by atoms with Gasteiger partial charge in [0.05, 0.1) is 16.6 Å². The molecule has 2 heterocycles. The molecule has 4 aromatic rings. The Hall–Kier alpha value is -3.26. The molecule has 0 aliphatic carbocycles. The number of hydrogen-bond donors (Lipinski definition) is 1. The molecular weight excluding hydrogens is 406 g/mol. The summed E-state index contributed by atoms with van der Waals surface area (Å²) < 4.78 is 28.4. The van der Waals surface area contributed by atoms with Crippen molar-refractivity contribution in [2.75, 3.05) is 19.0 Å². The van der Waals surface area contributed by atoms with Crippen LogP contribution in [0.3, 0.4) is 0 Å². The first-order chi connectivity index (χ1) is 14.3. The first-order valence-electron chi connectivity index (χ1n) is 9.35. The number of benzene rings is 2. The third kappa shape index (κ3) is 3.78. The molecule has 0 unspecified atom stereocenters. The average Bonchev–Trinajstić information content (AvgIpc) is 3.27. The van der Waals surface area contributed by atoms with Crippen LogP contribution in [0.2, 0.25) is 0 Å². The monoisotopic (exact) mass is 426 g/mol. The Morgan fingerprint density at radius 2 is 1.67 bits per heavy atom. The maximum atomic E-state index is 13.4. The van der Waals surface area contributed by atoms with Crippen LogP contribution in [0.5, 0.6) is 0 Å². The van der Waals surface area contributed by atoms with Crippen molar-refractivity contribution in [3.05, 3.63) is 76.7 Å². The lowest BCUT2D eigenvalue weighted by Gasteiger charge is -2.15. The topological polar surface area (TPSA) is 50.2 Å². The lowest BCUT2D eigenvalue weighted by molar-refractivity contribution is 0.0944. The van der Waals surface area contributed by atoms with E-state index >= 15 is 0 Å². The van der Waals surface area contributed by atoms with Gasteiger partial charge in [-0.1, -0.05) is 12.1 Å². The molecule has 0 saturated carbocycles. The second-order valence-corrected chi connectivity index (χ2v) is 8.20. The molecule has 2 aromatic carbocycles. The van der Waals surface area contributed by atoms with Gasteiger partial charge >= 0.3 is 0 Å². The Morgan fingerprint density at radius 3 is 2.27 bits per heavy atom. The molecule has 1 N–H and O–H groups in total. The fourth-order valence-electron chi connectivity index (χ4n) is 3.20. The van der Waals surface area contributed by atoms with Crippen molar-refractivity contribution < 1.29 is 13.6 Å². The minimum absolute atomic E-state index is 0.230. The number of anilines is 1. The highest BCUT2D eigenvalue weighted by molar-refractivity contribution is 7.20. The van der Waals surface area contributed by atoms with E-state index in [1.165, 1.54) is 35.6 Å². The minimum Gasteiger partial charge on any atom is -0.348 e. The van der Waals surface area contributed by atoms with E-state index in [0.717, 1.165) is 16.1 Å². The molecule has 0 aliphatic rings. The van der Waals surface area contributed by atoms with Gasteiger partial charge in [-0.2, -0.15) is 0 Å². The van der Waals surface area contributed by atoms with Crippen molar-refractivity contribution in [3.63, 3.8) is 0 Å². The molecule has 0 aliphatic heterocycles. The molecule has 0 radical (unpaired) electrons. The number of imidazole rings is 1. The third-order valence-electron chi connectivity index (χ3n) is 4.74. The summed E-state index contributed by atoms with van der Waals surface area (Å²) in [6.45, 7) is 1.85. The van der Waals surface area contributed by atoms with Gasteiger partial charge in [0, 0.05) is 14.1 Å². The van der Waals surface area contributed by atoms with E-state index in [1.807, 2.05) is 30.5 Å². The summed E-state index contributed by atoms with van der Waals surface area (Å²) in [6.07, 6.45) is 0. The number of hydrogen-bond acceptors (Lipinski definition) is 4. The van der Waals surface area contributed by atoms with E-state index in [-0.39, 0.29) is 23.6 Å². The van der Waals surface area contributed by atoms with Crippen molar-refractivity contribution in [2.24, 2.45) is 0 Å². The number of carbonyl (C=O) groups excluding carboxylic acids is 1. The molecule has 0 bridgehead atoms. The summed E-state index contributed by atoms with van der Waals surface area (Å²) in [6, 6.07) is 13.7. The number of aromatic nitrogens is 2. The van der Waals surface area contributed by atoms with Crippen LogP contribution in [-0.2, 0) is 0 Å². The molecule has 0 saturated heterocycles. The maximum Gasteiger partial charge on any atom is 0.261 e. The van der Waals surface area contributed by atoms with Crippen LogP contribution in [0.25, 0.3) is 16.0 Å². The molecule has 2 aromatic heterocycles. The lowest BCUT2D eigenvalue weighted by atomic mass is 10.1. The van der Waals surface area contributed by atoms with E-state index in [9.17, 15) is 13.6 Å². The van der Waals surface area contributed by atoms with Crippen molar-refractivity contribution in [1.82, 2.24) is 14.9 Å². The van der Waals surface area contributed by atoms with Gasteiger partial charge in [-0.15, -0.1) is 11.3 Å². The molecule has 5 nitrogen and oxygen atoms in total. The third-order valence-corrected chi connectivity index (χ3v) is 5.85. The van der Waals surface area contributed by atoms with Crippen LogP contribution >= 0.6 is 11.3 Å². The van der Waals surface area contributed by atoms with E-state index in [4.69, 9.17) is 0 Å². The molecule has 0 fully saturated rings. The van der Waals surface area contributed by atoms with Crippen molar-refractivity contribution >= 4 is 33.5 Å². The van der Waals surface area contributed by atoms with Crippen molar-refractivity contribution in [3.8, 4) is 5.69 Å². The van der Waals surface area contributed by atoms with Gasteiger partial charge in [-0.3, -0.25) is 9.36 Å². The lowest BCUT2D eigenvalue weighted by Crippen LogP contribution is -2.25. The number of halogens is 2. The van der Waals surface area contributed by atoms with Crippen LogP contribution < -0.4 is 10.2 Å². The van der Waals surface area contributed by atoms with Crippen LogP contribution in [0, 0.1) is 11.6 Å². The standard InChI is InChI=1S/C22H20F2N4OS/c1-13(14-4-6-15(23)7-5-14)25-20(29)19-12-18-21(30-19)28(22(26-18)27(2)3)17-10-8-16(24)9-11-17/h4-13H,1-3H3,(H,25,29)/t13-/m0/s1. The van der Waals surface area contributed by atoms with Crippen molar-refractivity contribution in [1.29, 1.82) is 0 Å². The number of nitrogens with one attached hydrogen (secondary N) is 1. The van der Waals surface area contributed by atoms with Crippen LogP contribution in [0.15, 0.2) is 54.6 Å². The Balaban J connectivity index is 1.67. The largest absolute Gasteiger partial charge is 0.348 e. The van der Waals surface area contributed by atoms with E-state index < -0.39 is 0 Å². The Labute approximate surface area is 176 Å². The molecule has 154 valence electrons. The van der Waals surface area contributed by atoms with Gasteiger partial charge in [0.1, 0.15) is 22.0 Å². The Morgan fingerprint density at radius 1 is 1.07 bits per heavy atom. The van der Waals surface area contributed by atoms with Crippen LogP contribution in [0.4, 0.5) is 14.7 Å². The summed E-state index contributed by atoms with van der Waals surface area (Å²) in [5.74, 6) is -0.175. The summed E-state index contributed by atoms with van der Waals surface area (Å²) in [5.41, 5.74) is 2.26. The van der Waals surface area contributed by atoms with Gasteiger partial charge in [0.25, 0.3) is 5.91 Å². The number of nitrogens with zero attached hydrogens (tertiary/aromatic N) is 3. The molecule has 0 spiro atoms. The average molecular weight is 426 g/mol. The molecule has 1 amide bonds. The number of rotatable bonds is 5. The zero-order valence-electron chi connectivity index (χ0n) is 16.7. The SMILES string of the molecule is C[C@H](NC(=O)c1cc2nc(N(C)C)n(-c3ccc(F)cc3)c2s1)c1ccc(F)cc1. The number of amides is 1. The number of carbonyl (C=O) groups is 1. The van der Waals surface area contributed by atoms with Gasteiger partial charge in [-0.25, -0.2) is 13.8 Å². The van der Waals surface area contributed by atoms with E-state index in [0.29, 0.717) is 16.3 Å². The minimum atomic E-state index is -0.317. The Kier molecular flexibility index (Phi) is 5.26. The summed E-state index contributed by atoms with van der Waals surface area (Å²) in [7, 11) is 3.76. The highest BCUT2D eigenvalue weighted by atomic mass is 32.1. The van der Waals surface area contributed by atoms with Gasteiger partial charge < -0.3 is 10.2 Å². The first kappa shape index (κ1) is 20.0. The maximum absolute atomic E-state index is 13.4. The highest BCUT2D eigenvalue weighted by Crippen LogP contribution is 2.33. The fraction of sp³-hybridized carbons (Fsp3) is 0.182. The Bertz CT molecular complexity index is 1200. The predicted octanol–water partition coefficient (Wildman–Crippen LogP) is 4.92. The normalized spacial score (nSPS) is 12.2. The molecule has 4 rings (SSSR count). The van der Waals surface area contributed by atoms with Crippen LogP contribution in [0.1, 0.15) is 28.2 Å². The quantitative estimate of drug-likeness (QED) is 0.493. The number of thiophene rings is 1. The summed E-state index contributed by atoms with van der Waals surface area (Å²) in [5, 5.41) is 2.94. The summed E-state index contributed by atoms with van der Waals surface area (Å²) in [4.78, 5) is 20.6. The highest BCUT2D eigenvalue weighted by Gasteiger charge is 2.21. The van der Waals surface area contributed by atoms with Crippen molar-refractivity contribution in [2.45, 2.75) is 13.0 Å². The smallest absolute Gasteiger partial charge is 0.261 e. The molecule has 8 heteroatoms. The van der Waals surface area contributed by atoms with E-state index in [1.54, 1.807) is 30.3 Å². The van der Waals surface area contributed by atoms with Gasteiger partial charge in [0.2, 0.25) is 5.95 Å². The molecular formula is C22H20F2N4OS. The van der Waals surface area contributed by atoms with Crippen LogP contribution in [-0.4, -0.2) is 29.6 Å². The second-order valence-electron chi connectivity index (χ2n) is 7.17. The predicted molar refractivity (Wildman–Crippen MR) is 116 cm³/mol. The summed E-state index contributed by atoms with van der Waals surface area (Å²) >= 11 is 1.32. The zero-order chi connectivity index (χ0) is 21.4. The van der Waals surface area contributed by atoms with Gasteiger partial charge in [-0.05, 0) is 55.0 Å². The fourth-order valence-corrected chi connectivity index (χ4v) is 4.22. The zero-order valence-corrected chi connectivity index (χ0v) is 17.5. The molecule has 30 heavy (non-hydrogen) atoms. The van der Waals surface area contributed by atoms with Gasteiger partial charge in [0.15, 0.2) is 0 Å². The van der Waals surface area contributed by atoms with E-state index in [2.05, 4.69) is 10.3 Å². The second kappa shape index (κ2) is 7.87. The molecule has 1 atom stereocenters.